The normalized spacial score (nSPS) is 16.4. The van der Waals surface area contributed by atoms with E-state index in [9.17, 15) is 0 Å². The summed E-state index contributed by atoms with van der Waals surface area (Å²) < 4.78 is 5.19. The molecular formula is C13H18ClNO. The second-order valence-corrected chi connectivity index (χ2v) is 4.79. The number of hydrogen-bond acceptors (Lipinski definition) is 2. The number of ether oxygens (including phenoxy) is 1. The van der Waals surface area contributed by atoms with Crippen LogP contribution in [0.5, 0.6) is 5.75 Å². The van der Waals surface area contributed by atoms with Crippen molar-refractivity contribution in [2.45, 2.75) is 25.7 Å². The summed E-state index contributed by atoms with van der Waals surface area (Å²) in [4.78, 5) is 0. The highest BCUT2D eigenvalue weighted by Crippen LogP contribution is 2.29. The van der Waals surface area contributed by atoms with Gasteiger partial charge in [0, 0.05) is 18.3 Å². The quantitative estimate of drug-likeness (QED) is 0.859. The third kappa shape index (κ3) is 2.82. The van der Waals surface area contributed by atoms with Crippen LogP contribution in [0.15, 0.2) is 18.2 Å². The van der Waals surface area contributed by atoms with E-state index < -0.39 is 0 Å². The first-order chi connectivity index (χ1) is 7.79. The van der Waals surface area contributed by atoms with Crippen LogP contribution < -0.4 is 10.1 Å². The van der Waals surface area contributed by atoms with Gasteiger partial charge in [0.15, 0.2) is 0 Å². The molecule has 0 radical (unpaired) electrons. The van der Waals surface area contributed by atoms with Crippen LogP contribution in [0.4, 0.5) is 5.69 Å². The molecule has 16 heavy (non-hydrogen) atoms. The first-order valence-corrected chi connectivity index (χ1v) is 6.25. The maximum atomic E-state index is 5.97. The van der Waals surface area contributed by atoms with Gasteiger partial charge in [0.05, 0.1) is 12.1 Å². The molecule has 0 atom stereocenters. The predicted octanol–water partition coefficient (Wildman–Crippen LogP) is 3.95. The van der Waals surface area contributed by atoms with E-state index >= 15 is 0 Å². The van der Waals surface area contributed by atoms with Crippen LogP contribution in [0.3, 0.4) is 0 Å². The highest BCUT2D eigenvalue weighted by molar-refractivity contribution is 6.32. The molecule has 1 aromatic carbocycles. The molecule has 0 unspecified atom stereocenters. The van der Waals surface area contributed by atoms with Gasteiger partial charge >= 0.3 is 0 Å². The first-order valence-electron chi connectivity index (χ1n) is 5.87. The Labute approximate surface area is 102 Å². The maximum absolute atomic E-state index is 5.97. The van der Waals surface area contributed by atoms with Crippen molar-refractivity contribution in [1.29, 1.82) is 0 Å². The van der Waals surface area contributed by atoms with Crippen molar-refractivity contribution in [3.05, 3.63) is 23.2 Å². The molecule has 0 aromatic heterocycles. The van der Waals surface area contributed by atoms with E-state index in [1.807, 2.05) is 18.2 Å². The molecule has 1 saturated carbocycles. The molecular weight excluding hydrogens is 222 g/mol. The third-order valence-electron chi connectivity index (χ3n) is 3.22. The zero-order valence-corrected chi connectivity index (χ0v) is 10.4. The Balaban J connectivity index is 1.93. The zero-order chi connectivity index (χ0) is 11.4. The molecule has 1 N–H and O–H groups in total. The summed E-state index contributed by atoms with van der Waals surface area (Å²) in [5.74, 6) is 1.57. The number of halogens is 1. The van der Waals surface area contributed by atoms with Crippen LogP contribution in [0.25, 0.3) is 0 Å². The fourth-order valence-electron chi connectivity index (χ4n) is 2.25. The van der Waals surface area contributed by atoms with Gasteiger partial charge in [-0.1, -0.05) is 24.4 Å². The van der Waals surface area contributed by atoms with E-state index in [2.05, 4.69) is 5.32 Å². The van der Waals surface area contributed by atoms with E-state index in [0.717, 1.165) is 23.9 Å². The van der Waals surface area contributed by atoms with Crippen molar-refractivity contribution in [2.75, 3.05) is 19.0 Å². The maximum Gasteiger partial charge on any atom is 0.139 e. The largest absolute Gasteiger partial charge is 0.495 e. The van der Waals surface area contributed by atoms with E-state index in [1.165, 1.54) is 25.7 Å². The third-order valence-corrected chi connectivity index (χ3v) is 3.53. The number of benzene rings is 1. The second-order valence-electron chi connectivity index (χ2n) is 4.38. The summed E-state index contributed by atoms with van der Waals surface area (Å²) in [6.07, 6.45) is 5.49. The van der Waals surface area contributed by atoms with E-state index in [0.29, 0.717) is 5.02 Å². The molecule has 1 aromatic rings. The predicted molar refractivity (Wildman–Crippen MR) is 68.5 cm³/mol. The van der Waals surface area contributed by atoms with Gasteiger partial charge in [0.2, 0.25) is 0 Å². The molecule has 0 heterocycles. The molecule has 2 nitrogen and oxygen atoms in total. The lowest BCUT2D eigenvalue weighted by Gasteiger charge is -2.13. The lowest BCUT2D eigenvalue weighted by Crippen LogP contribution is -2.10. The Morgan fingerprint density at radius 1 is 1.38 bits per heavy atom. The number of methoxy groups -OCH3 is 1. The Morgan fingerprint density at radius 3 is 2.81 bits per heavy atom. The molecule has 1 fully saturated rings. The Kier molecular flexibility index (Phi) is 3.94. The Bertz CT molecular complexity index is 348. The minimum absolute atomic E-state index is 0.661. The Morgan fingerprint density at radius 2 is 2.12 bits per heavy atom. The molecule has 0 amide bonds. The summed E-state index contributed by atoms with van der Waals surface area (Å²) in [6, 6.07) is 5.83. The van der Waals surface area contributed by atoms with Gasteiger partial charge in [0.1, 0.15) is 5.75 Å². The van der Waals surface area contributed by atoms with Crippen molar-refractivity contribution >= 4 is 17.3 Å². The van der Waals surface area contributed by atoms with Crippen molar-refractivity contribution in [3.63, 3.8) is 0 Å². The van der Waals surface area contributed by atoms with Crippen molar-refractivity contribution < 1.29 is 4.74 Å². The molecule has 2 rings (SSSR count). The van der Waals surface area contributed by atoms with Crippen LogP contribution in [0.1, 0.15) is 25.7 Å². The van der Waals surface area contributed by atoms with Crippen LogP contribution in [0.2, 0.25) is 5.02 Å². The van der Waals surface area contributed by atoms with Crippen molar-refractivity contribution in [3.8, 4) is 5.75 Å². The van der Waals surface area contributed by atoms with E-state index in [1.54, 1.807) is 7.11 Å². The van der Waals surface area contributed by atoms with Gasteiger partial charge in [-0.3, -0.25) is 0 Å². The van der Waals surface area contributed by atoms with Gasteiger partial charge in [-0.2, -0.15) is 0 Å². The summed E-state index contributed by atoms with van der Waals surface area (Å²) in [5, 5.41) is 4.11. The molecule has 0 aliphatic heterocycles. The van der Waals surface area contributed by atoms with E-state index in [4.69, 9.17) is 16.3 Å². The van der Waals surface area contributed by atoms with Crippen LogP contribution in [-0.4, -0.2) is 13.7 Å². The summed E-state index contributed by atoms with van der Waals surface area (Å²) in [5.41, 5.74) is 1.09. The zero-order valence-electron chi connectivity index (χ0n) is 9.63. The van der Waals surface area contributed by atoms with Crippen LogP contribution in [-0.2, 0) is 0 Å². The molecule has 1 aliphatic carbocycles. The smallest absolute Gasteiger partial charge is 0.139 e. The van der Waals surface area contributed by atoms with Gasteiger partial charge in [-0.15, -0.1) is 0 Å². The molecule has 0 bridgehead atoms. The average Bonchev–Trinajstić information content (AvgIpc) is 2.81. The van der Waals surface area contributed by atoms with E-state index in [-0.39, 0.29) is 0 Å². The minimum Gasteiger partial charge on any atom is -0.495 e. The standard InChI is InChI=1S/C13H18ClNO/c1-16-13-8-11(6-7-12(13)14)15-9-10-4-2-3-5-10/h6-8,10,15H,2-5,9H2,1H3. The summed E-state index contributed by atoms with van der Waals surface area (Å²) in [7, 11) is 1.64. The van der Waals surface area contributed by atoms with Crippen LogP contribution >= 0.6 is 11.6 Å². The number of rotatable bonds is 4. The fourth-order valence-corrected chi connectivity index (χ4v) is 2.44. The van der Waals surface area contributed by atoms with Crippen molar-refractivity contribution in [1.82, 2.24) is 0 Å². The first kappa shape index (κ1) is 11.6. The number of anilines is 1. The monoisotopic (exact) mass is 239 g/mol. The number of hydrogen-bond donors (Lipinski definition) is 1. The highest BCUT2D eigenvalue weighted by Gasteiger charge is 2.14. The molecule has 0 spiro atoms. The molecule has 1 aliphatic rings. The summed E-state index contributed by atoms with van der Waals surface area (Å²) >= 11 is 5.97. The molecule has 88 valence electrons. The highest BCUT2D eigenvalue weighted by atomic mass is 35.5. The van der Waals surface area contributed by atoms with Gasteiger partial charge in [-0.05, 0) is 30.9 Å². The second kappa shape index (κ2) is 5.44. The molecule has 3 heteroatoms. The van der Waals surface area contributed by atoms with Gasteiger partial charge in [0.25, 0.3) is 0 Å². The fraction of sp³-hybridized carbons (Fsp3) is 0.538. The van der Waals surface area contributed by atoms with Crippen LogP contribution in [0, 0.1) is 5.92 Å². The topological polar surface area (TPSA) is 21.3 Å². The molecule has 0 saturated heterocycles. The number of nitrogens with one attached hydrogen (secondary N) is 1. The SMILES string of the molecule is COc1cc(NCC2CCCC2)ccc1Cl. The Hall–Kier alpha value is -0.890. The lowest BCUT2D eigenvalue weighted by molar-refractivity contribution is 0.415. The van der Waals surface area contributed by atoms with Gasteiger partial charge in [-0.25, -0.2) is 0 Å². The lowest BCUT2D eigenvalue weighted by atomic mass is 10.1. The average molecular weight is 240 g/mol. The van der Waals surface area contributed by atoms with Gasteiger partial charge < -0.3 is 10.1 Å². The van der Waals surface area contributed by atoms with Crippen molar-refractivity contribution in [2.24, 2.45) is 5.92 Å². The minimum atomic E-state index is 0.661. The summed E-state index contributed by atoms with van der Waals surface area (Å²) in [6.45, 7) is 1.06.